The van der Waals surface area contributed by atoms with E-state index in [4.69, 9.17) is 28.4 Å². The highest BCUT2D eigenvalue weighted by Crippen LogP contribution is 2.66. The van der Waals surface area contributed by atoms with Crippen molar-refractivity contribution < 1.29 is 43.1 Å². The number of carbonyl (C=O) groups is 2. The average molecular weight is 607 g/mol. The fourth-order valence-electron chi connectivity index (χ4n) is 9.07. The molecule has 0 saturated heterocycles. The number of hydrogen-bond acceptors (Lipinski definition) is 9. The lowest BCUT2D eigenvalue weighted by atomic mass is 9.49. The molecule has 9 heteroatoms. The van der Waals surface area contributed by atoms with Gasteiger partial charge in [-0.15, -0.1) is 0 Å². The third-order valence-electron chi connectivity index (χ3n) is 12.0. The number of aliphatic hydroxyl groups excluding tert-OH is 1. The zero-order valence-corrected chi connectivity index (χ0v) is 27.6. The normalized spacial score (nSPS) is 35.6. The Kier molecular flexibility index (Phi) is 10.3. The minimum absolute atomic E-state index is 0.147. The average Bonchev–Trinajstić information content (AvgIpc) is 3.33. The maximum absolute atomic E-state index is 12.4. The van der Waals surface area contributed by atoms with E-state index in [1.165, 1.54) is 19.8 Å². The molecule has 4 rings (SSSR count). The largest absolute Gasteiger partial charge is 0.508 e. The second-order valence-electron chi connectivity index (χ2n) is 14.4. The summed E-state index contributed by atoms with van der Waals surface area (Å²) < 4.78 is 32.0. The lowest BCUT2D eigenvalue weighted by molar-refractivity contribution is -0.164. The van der Waals surface area contributed by atoms with Gasteiger partial charge in [-0.1, -0.05) is 51.0 Å². The van der Waals surface area contributed by atoms with Crippen LogP contribution in [0.1, 0.15) is 86.5 Å². The predicted octanol–water partition coefficient (Wildman–Crippen LogP) is 6.82. The number of aliphatic hydroxyl groups is 1. The van der Waals surface area contributed by atoms with Crippen molar-refractivity contribution in [1.29, 1.82) is 0 Å². The van der Waals surface area contributed by atoms with Crippen LogP contribution in [-0.2, 0) is 28.4 Å². The molecule has 0 radical (unpaired) electrons. The lowest BCUT2D eigenvalue weighted by Crippen LogP contribution is -2.54. The summed E-state index contributed by atoms with van der Waals surface area (Å²) in [5, 5.41) is 11.1. The van der Waals surface area contributed by atoms with E-state index in [0.717, 1.165) is 31.3 Å². The number of methoxy groups -OCH3 is 3. The Morgan fingerprint density at radius 1 is 1.00 bits per heavy atom. The summed E-state index contributed by atoms with van der Waals surface area (Å²) in [6.45, 7) is 13.3. The van der Waals surface area contributed by atoms with E-state index in [1.807, 2.05) is 13.8 Å². The molecule has 1 unspecified atom stereocenters. The topological polar surface area (TPSA) is 110 Å². The van der Waals surface area contributed by atoms with E-state index in [1.54, 1.807) is 7.11 Å². The van der Waals surface area contributed by atoms with Crippen molar-refractivity contribution in [3.63, 3.8) is 0 Å². The van der Waals surface area contributed by atoms with Crippen LogP contribution in [0.4, 0.5) is 9.59 Å². The SMILES string of the molecule is COCOC(C)(C)C(O)C[C@@H](C)[C@H](C)[C@H]1CC[C@H]2C3=CC=C4C[C@@H](OC(=O)OC)C[C@H](OC(=O)OC)[C@]4(C)[C@H]3CC[C@]12C. The molecule has 9 nitrogen and oxygen atoms in total. The number of ether oxygens (including phenoxy) is 6. The fourth-order valence-corrected chi connectivity index (χ4v) is 9.07. The van der Waals surface area contributed by atoms with Crippen molar-refractivity contribution >= 4 is 12.3 Å². The van der Waals surface area contributed by atoms with Gasteiger partial charge in [0.05, 0.1) is 25.9 Å². The van der Waals surface area contributed by atoms with Crippen molar-refractivity contribution in [3.8, 4) is 0 Å². The van der Waals surface area contributed by atoms with Crippen LogP contribution in [0.25, 0.3) is 0 Å². The molecule has 3 saturated carbocycles. The Morgan fingerprint density at radius 3 is 2.33 bits per heavy atom. The van der Waals surface area contributed by atoms with Gasteiger partial charge in [-0.05, 0) is 81.0 Å². The molecule has 0 heterocycles. The van der Waals surface area contributed by atoms with E-state index < -0.39 is 41.6 Å². The van der Waals surface area contributed by atoms with E-state index in [2.05, 4.69) is 39.8 Å². The lowest BCUT2D eigenvalue weighted by Gasteiger charge is -2.57. The predicted molar refractivity (Wildman–Crippen MR) is 161 cm³/mol. The highest BCUT2D eigenvalue weighted by molar-refractivity contribution is 5.61. The van der Waals surface area contributed by atoms with Crippen molar-refractivity contribution in [3.05, 3.63) is 23.3 Å². The molecule has 0 spiro atoms. The Labute approximate surface area is 257 Å². The van der Waals surface area contributed by atoms with Crippen LogP contribution in [0, 0.1) is 40.4 Å². The molecule has 0 aromatic carbocycles. The summed E-state index contributed by atoms with van der Waals surface area (Å²) in [4.78, 5) is 24.3. The quantitative estimate of drug-likeness (QED) is 0.212. The van der Waals surface area contributed by atoms with Crippen LogP contribution in [0.3, 0.4) is 0 Å². The van der Waals surface area contributed by atoms with Crippen molar-refractivity contribution in [2.24, 2.45) is 40.4 Å². The molecule has 4 aliphatic rings. The first kappa shape index (κ1) is 33.8. The Morgan fingerprint density at radius 2 is 1.67 bits per heavy atom. The summed E-state index contributed by atoms with van der Waals surface area (Å²) in [7, 11) is 4.20. The van der Waals surface area contributed by atoms with Crippen LogP contribution >= 0.6 is 0 Å². The van der Waals surface area contributed by atoms with Gasteiger partial charge in [0.15, 0.2) is 0 Å². The zero-order chi connectivity index (χ0) is 31.7. The first-order valence-corrected chi connectivity index (χ1v) is 15.9. The molecular formula is C34H54O9. The maximum Gasteiger partial charge on any atom is 0.508 e. The Hall–Kier alpha value is -2.10. The highest BCUT2D eigenvalue weighted by Gasteiger charge is 2.60. The van der Waals surface area contributed by atoms with Gasteiger partial charge in [0.1, 0.15) is 19.0 Å². The zero-order valence-electron chi connectivity index (χ0n) is 27.6. The van der Waals surface area contributed by atoms with Crippen molar-refractivity contribution in [1.82, 2.24) is 0 Å². The molecule has 0 bridgehead atoms. The summed E-state index contributed by atoms with van der Waals surface area (Å²) >= 11 is 0. The Bertz CT molecular complexity index is 1080. The number of allylic oxidation sites excluding steroid dienone is 3. The molecule has 0 amide bonds. The molecular weight excluding hydrogens is 552 g/mol. The third kappa shape index (κ3) is 6.36. The molecule has 43 heavy (non-hydrogen) atoms. The van der Waals surface area contributed by atoms with Gasteiger partial charge in [0.25, 0.3) is 0 Å². The molecule has 4 aliphatic carbocycles. The van der Waals surface area contributed by atoms with E-state index in [0.29, 0.717) is 42.9 Å². The summed E-state index contributed by atoms with van der Waals surface area (Å²) in [5.41, 5.74) is 1.66. The molecule has 0 aliphatic heterocycles. The van der Waals surface area contributed by atoms with Gasteiger partial charge >= 0.3 is 12.3 Å². The van der Waals surface area contributed by atoms with Crippen molar-refractivity contribution in [2.75, 3.05) is 28.1 Å². The molecule has 244 valence electrons. The number of carbonyl (C=O) groups excluding carboxylic acids is 2. The van der Waals surface area contributed by atoms with Gasteiger partial charge in [-0.2, -0.15) is 0 Å². The minimum atomic E-state index is -0.731. The standard InChI is InChI=1S/C34H54O9/c1-20(16-28(35)32(3,4)41-19-38-7)21(2)25-12-13-26-24-11-10-22-17-23(42-30(36)39-8)18-29(43-31(37)40-9)34(22,6)27(24)14-15-33(25,26)5/h10-11,20-21,23,25-29,35H,12-19H2,1-9H3/t20-,21+,23-,25-,26+,27+,28?,29+,33-,34+/m1/s1. The number of hydrogen-bond donors (Lipinski definition) is 1. The van der Waals surface area contributed by atoms with Crippen LogP contribution in [0.15, 0.2) is 23.3 Å². The molecule has 0 aromatic rings. The summed E-state index contributed by atoms with van der Waals surface area (Å²) in [6, 6.07) is 0. The van der Waals surface area contributed by atoms with Gasteiger partial charge in [-0.25, -0.2) is 9.59 Å². The minimum Gasteiger partial charge on any atom is -0.438 e. The summed E-state index contributed by atoms with van der Waals surface area (Å²) in [6.07, 6.45) is 7.55. The second kappa shape index (κ2) is 13.1. The summed E-state index contributed by atoms with van der Waals surface area (Å²) in [5.74, 6) is 1.97. The van der Waals surface area contributed by atoms with E-state index >= 15 is 0 Å². The third-order valence-corrected chi connectivity index (χ3v) is 12.0. The maximum atomic E-state index is 12.4. The number of rotatable bonds is 10. The van der Waals surface area contributed by atoms with Crippen molar-refractivity contribution in [2.45, 2.75) is 110 Å². The van der Waals surface area contributed by atoms with Gasteiger partial charge in [0, 0.05) is 25.4 Å². The molecule has 3 fully saturated rings. The van der Waals surface area contributed by atoms with Crippen LogP contribution in [0.5, 0.6) is 0 Å². The van der Waals surface area contributed by atoms with Crippen LogP contribution in [0.2, 0.25) is 0 Å². The van der Waals surface area contributed by atoms with Crippen LogP contribution < -0.4 is 0 Å². The Balaban J connectivity index is 1.56. The number of fused-ring (bicyclic) bond motifs is 5. The smallest absolute Gasteiger partial charge is 0.438 e. The van der Waals surface area contributed by atoms with Gasteiger partial charge in [0.2, 0.25) is 0 Å². The monoisotopic (exact) mass is 606 g/mol. The van der Waals surface area contributed by atoms with Gasteiger partial charge in [-0.3, -0.25) is 0 Å². The first-order valence-electron chi connectivity index (χ1n) is 15.9. The first-order chi connectivity index (χ1) is 20.2. The van der Waals surface area contributed by atoms with E-state index in [9.17, 15) is 14.7 Å². The van der Waals surface area contributed by atoms with Gasteiger partial charge < -0.3 is 33.5 Å². The highest BCUT2D eigenvalue weighted by atomic mass is 16.7. The van der Waals surface area contributed by atoms with Crippen LogP contribution in [-0.4, -0.2) is 69.5 Å². The van der Waals surface area contributed by atoms with E-state index in [-0.39, 0.29) is 18.1 Å². The molecule has 0 aromatic heterocycles. The second-order valence-corrected chi connectivity index (χ2v) is 14.4. The molecule has 10 atom stereocenters. The fraction of sp³-hybridized carbons (Fsp3) is 0.824. The molecule has 1 N–H and O–H groups in total.